The number of hydrogen-bond donors (Lipinski definition) is 1. The molecule has 0 spiro atoms. The van der Waals surface area contributed by atoms with E-state index in [2.05, 4.69) is 10.4 Å². The standard InChI is InChI=1S/C24H20ClFN4O3S/c1-14-3-5-16(6-4-14)13-19-23(32)29(24(33)34-19)12-11-27-22(31)20-15(2)28-30(21(20)25)18-9-7-17(26)8-10-18/h3-10,13H,11-12H2,1-2H3,(H,27,31)/b19-13-. The lowest BCUT2D eigenvalue weighted by molar-refractivity contribution is -0.122. The maximum atomic E-state index is 13.2. The normalized spacial score (nSPS) is 14.8. The second kappa shape index (κ2) is 9.82. The maximum absolute atomic E-state index is 13.2. The van der Waals surface area contributed by atoms with Crippen LogP contribution in [-0.2, 0) is 4.79 Å². The minimum Gasteiger partial charge on any atom is -0.350 e. The van der Waals surface area contributed by atoms with Crippen LogP contribution in [0.5, 0.6) is 0 Å². The summed E-state index contributed by atoms with van der Waals surface area (Å²) < 4.78 is 14.5. The summed E-state index contributed by atoms with van der Waals surface area (Å²) in [5, 5.41) is 6.63. The second-order valence-electron chi connectivity index (χ2n) is 7.64. The molecule has 1 N–H and O–H groups in total. The third-order valence-corrected chi connectivity index (χ3v) is 6.43. The number of amides is 3. The van der Waals surface area contributed by atoms with Gasteiger partial charge in [-0.3, -0.25) is 19.3 Å². The molecule has 2 aromatic carbocycles. The molecule has 34 heavy (non-hydrogen) atoms. The number of hydrogen-bond acceptors (Lipinski definition) is 5. The second-order valence-corrected chi connectivity index (χ2v) is 8.99. The summed E-state index contributed by atoms with van der Waals surface area (Å²) in [4.78, 5) is 39.2. The molecular weight excluding hydrogens is 479 g/mol. The van der Waals surface area contributed by atoms with Gasteiger partial charge in [0.2, 0.25) is 0 Å². The van der Waals surface area contributed by atoms with Crippen LogP contribution in [0.1, 0.15) is 27.2 Å². The molecule has 3 aromatic rings. The van der Waals surface area contributed by atoms with Gasteiger partial charge in [0.25, 0.3) is 17.1 Å². The topological polar surface area (TPSA) is 84.3 Å². The molecule has 1 saturated heterocycles. The van der Waals surface area contributed by atoms with E-state index in [-0.39, 0.29) is 23.8 Å². The van der Waals surface area contributed by atoms with Crippen LogP contribution in [0.3, 0.4) is 0 Å². The van der Waals surface area contributed by atoms with Crippen molar-refractivity contribution in [3.05, 3.63) is 86.8 Å². The van der Waals surface area contributed by atoms with Crippen molar-refractivity contribution < 1.29 is 18.8 Å². The quantitative estimate of drug-likeness (QED) is 0.496. The Labute approximate surface area is 204 Å². The average molecular weight is 499 g/mol. The van der Waals surface area contributed by atoms with Crippen molar-refractivity contribution >= 4 is 46.5 Å². The summed E-state index contributed by atoms with van der Waals surface area (Å²) in [5.74, 6) is -1.29. The van der Waals surface area contributed by atoms with Gasteiger partial charge >= 0.3 is 0 Å². The lowest BCUT2D eigenvalue weighted by atomic mass is 10.1. The van der Waals surface area contributed by atoms with E-state index in [0.717, 1.165) is 27.8 Å². The Balaban J connectivity index is 1.40. The molecule has 1 aromatic heterocycles. The van der Waals surface area contributed by atoms with Gasteiger partial charge in [0.1, 0.15) is 11.0 Å². The third kappa shape index (κ3) is 4.90. The van der Waals surface area contributed by atoms with Crippen LogP contribution >= 0.6 is 23.4 Å². The highest BCUT2D eigenvalue weighted by atomic mass is 35.5. The van der Waals surface area contributed by atoms with Crippen molar-refractivity contribution in [2.24, 2.45) is 0 Å². The van der Waals surface area contributed by atoms with Crippen molar-refractivity contribution in [2.75, 3.05) is 13.1 Å². The molecule has 174 valence electrons. The fourth-order valence-electron chi connectivity index (χ4n) is 3.39. The Morgan fingerprint density at radius 1 is 1.12 bits per heavy atom. The van der Waals surface area contributed by atoms with E-state index < -0.39 is 22.9 Å². The van der Waals surface area contributed by atoms with Crippen molar-refractivity contribution in [3.63, 3.8) is 0 Å². The molecule has 0 aliphatic carbocycles. The van der Waals surface area contributed by atoms with E-state index in [1.807, 2.05) is 31.2 Å². The molecule has 4 rings (SSSR count). The number of aromatic nitrogens is 2. The number of benzene rings is 2. The largest absolute Gasteiger partial charge is 0.350 e. The van der Waals surface area contributed by atoms with Crippen molar-refractivity contribution in [3.8, 4) is 5.69 Å². The molecule has 0 unspecified atom stereocenters. The number of nitrogens with one attached hydrogen (secondary N) is 1. The smallest absolute Gasteiger partial charge is 0.293 e. The van der Waals surface area contributed by atoms with Crippen LogP contribution < -0.4 is 5.32 Å². The minimum atomic E-state index is -0.488. The summed E-state index contributed by atoms with van der Waals surface area (Å²) in [6, 6.07) is 13.1. The Morgan fingerprint density at radius 2 is 1.79 bits per heavy atom. The number of carbonyl (C=O) groups is 3. The van der Waals surface area contributed by atoms with E-state index in [0.29, 0.717) is 16.3 Å². The highest BCUT2D eigenvalue weighted by Gasteiger charge is 2.34. The number of nitrogens with zero attached hydrogens (tertiary/aromatic N) is 3. The molecule has 1 aliphatic rings. The number of carbonyl (C=O) groups excluding carboxylic acids is 3. The van der Waals surface area contributed by atoms with Crippen molar-refractivity contribution in [1.29, 1.82) is 0 Å². The Kier molecular flexibility index (Phi) is 6.85. The number of thioether (sulfide) groups is 1. The molecule has 1 aliphatic heterocycles. The molecule has 0 bridgehead atoms. The van der Waals surface area contributed by atoms with Crippen LogP contribution in [0.25, 0.3) is 11.8 Å². The van der Waals surface area contributed by atoms with Crippen LogP contribution in [0, 0.1) is 19.7 Å². The molecule has 1 fully saturated rings. The molecule has 0 saturated carbocycles. The maximum Gasteiger partial charge on any atom is 0.293 e. The number of imide groups is 1. The van der Waals surface area contributed by atoms with Gasteiger partial charge in [-0.25, -0.2) is 9.07 Å². The first kappa shape index (κ1) is 23.7. The predicted molar refractivity (Wildman–Crippen MR) is 129 cm³/mol. The van der Waals surface area contributed by atoms with Gasteiger partial charge in [-0.1, -0.05) is 41.4 Å². The molecule has 2 heterocycles. The van der Waals surface area contributed by atoms with E-state index in [1.165, 1.54) is 28.9 Å². The Bertz CT molecular complexity index is 1300. The SMILES string of the molecule is Cc1ccc(/C=C2\SC(=O)N(CCNC(=O)c3c(C)nn(-c4ccc(F)cc4)c3Cl)C2=O)cc1. The van der Waals surface area contributed by atoms with Gasteiger partial charge in [-0.05, 0) is 61.5 Å². The van der Waals surface area contributed by atoms with E-state index in [9.17, 15) is 18.8 Å². The Morgan fingerprint density at radius 3 is 2.47 bits per heavy atom. The van der Waals surface area contributed by atoms with E-state index >= 15 is 0 Å². The van der Waals surface area contributed by atoms with Gasteiger partial charge in [-0.15, -0.1) is 0 Å². The zero-order valence-corrected chi connectivity index (χ0v) is 19.9. The fraction of sp³-hybridized carbons (Fsp3) is 0.167. The minimum absolute atomic E-state index is 0.0183. The van der Waals surface area contributed by atoms with Gasteiger partial charge < -0.3 is 5.32 Å². The molecular formula is C24H20ClFN4O3S. The summed E-state index contributed by atoms with van der Waals surface area (Å²) in [5.41, 5.74) is 2.98. The van der Waals surface area contributed by atoms with E-state index in [4.69, 9.17) is 11.6 Å². The first-order chi connectivity index (χ1) is 16.2. The van der Waals surface area contributed by atoms with Gasteiger partial charge in [0, 0.05) is 13.1 Å². The van der Waals surface area contributed by atoms with Gasteiger partial charge in [0.05, 0.1) is 21.8 Å². The lowest BCUT2D eigenvalue weighted by Crippen LogP contribution is -2.37. The van der Waals surface area contributed by atoms with E-state index in [1.54, 1.807) is 13.0 Å². The van der Waals surface area contributed by atoms with Gasteiger partial charge in [-0.2, -0.15) is 5.10 Å². The first-order valence-corrected chi connectivity index (χ1v) is 11.6. The fourth-order valence-corrected chi connectivity index (χ4v) is 4.61. The molecule has 3 amide bonds. The van der Waals surface area contributed by atoms with Crippen LogP contribution in [0.2, 0.25) is 5.15 Å². The third-order valence-electron chi connectivity index (χ3n) is 5.17. The van der Waals surface area contributed by atoms with Crippen LogP contribution in [-0.4, -0.2) is 44.8 Å². The van der Waals surface area contributed by atoms with Crippen molar-refractivity contribution in [1.82, 2.24) is 20.0 Å². The van der Waals surface area contributed by atoms with Gasteiger partial charge in [0.15, 0.2) is 0 Å². The molecule has 10 heteroatoms. The highest BCUT2D eigenvalue weighted by molar-refractivity contribution is 8.18. The summed E-state index contributed by atoms with van der Waals surface area (Å²) >= 11 is 7.24. The highest BCUT2D eigenvalue weighted by Crippen LogP contribution is 2.32. The number of halogens is 2. The molecule has 0 atom stereocenters. The average Bonchev–Trinajstić information content (AvgIpc) is 3.25. The monoisotopic (exact) mass is 498 g/mol. The zero-order chi connectivity index (χ0) is 24.4. The number of aryl methyl sites for hydroxylation is 2. The Hall–Kier alpha value is -3.43. The molecule has 7 nitrogen and oxygen atoms in total. The predicted octanol–water partition coefficient (Wildman–Crippen LogP) is 4.75. The lowest BCUT2D eigenvalue weighted by Gasteiger charge is -2.13. The van der Waals surface area contributed by atoms with Crippen LogP contribution in [0.4, 0.5) is 9.18 Å². The summed E-state index contributed by atoms with van der Waals surface area (Å²) in [6.07, 6.45) is 1.68. The first-order valence-electron chi connectivity index (χ1n) is 10.4. The molecule has 0 radical (unpaired) electrons. The summed E-state index contributed by atoms with van der Waals surface area (Å²) in [7, 11) is 0. The zero-order valence-electron chi connectivity index (χ0n) is 18.3. The number of rotatable bonds is 6. The summed E-state index contributed by atoms with van der Waals surface area (Å²) in [6.45, 7) is 3.66. The van der Waals surface area contributed by atoms with Crippen molar-refractivity contribution in [2.45, 2.75) is 13.8 Å². The van der Waals surface area contributed by atoms with Crippen LogP contribution in [0.15, 0.2) is 53.4 Å².